The first-order valence-corrected chi connectivity index (χ1v) is 10.2. The molecule has 1 saturated carbocycles. The lowest BCUT2D eigenvalue weighted by atomic mass is 9.76. The van der Waals surface area contributed by atoms with E-state index in [-0.39, 0.29) is 35.0 Å². The highest BCUT2D eigenvalue weighted by molar-refractivity contribution is 6.22. The van der Waals surface area contributed by atoms with Gasteiger partial charge in [-0.3, -0.25) is 19.3 Å². The van der Waals surface area contributed by atoms with Crippen molar-refractivity contribution in [1.29, 1.82) is 0 Å². The van der Waals surface area contributed by atoms with Gasteiger partial charge in [-0.05, 0) is 50.3 Å². The van der Waals surface area contributed by atoms with Crippen LogP contribution in [-0.2, 0) is 19.1 Å². The number of imide groups is 1. The van der Waals surface area contributed by atoms with Crippen molar-refractivity contribution in [3.8, 4) is 0 Å². The molecular weight excluding hydrogens is 402 g/mol. The molecule has 3 amide bonds. The first kappa shape index (κ1) is 20.8. The number of aromatic nitrogens is 1. The van der Waals surface area contributed by atoms with Gasteiger partial charge in [-0.1, -0.05) is 18.1 Å². The largest absolute Gasteiger partial charge is 0.452 e. The number of nitrogens with zero attached hydrogens (tertiary/aromatic N) is 2. The second-order valence-electron chi connectivity index (χ2n) is 8.14. The van der Waals surface area contributed by atoms with Crippen LogP contribution in [-0.4, -0.2) is 35.5 Å². The molecule has 1 aliphatic heterocycles. The number of hydrogen-bond acceptors (Lipinski definition) is 7. The maximum Gasteiger partial charge on any atom is 0.338 e. The Morgan fingerprint density at radius 2 is 1.97 bits per heavy atom. The van der Waals surface area contributed by atoms with Crippen LogP contribution in [0.25, 0.3) is 0 Å². The molecule has 9 heteroatoms. The second-order valence-corrected chi connectivity index (χ2v) is 8.14. The molecule has 2 aliphatic rings. The van der Waals surface area contributed by atoms with Crippen molar-refractivity contribution in [2.24, 2.45) is 17.8 Å². The predicted molar refractivity (Wildman–Crippen MR) is 109 cm³/mol. The molecule has 4 rings (SSSR count). The van der Waals surface area contributed by atoms with Crippen LogP contribution in [0.3, 0.4) is 0 Å². The molecule has 2 aromatic rings. The van der Waals surface area contributed by atoms with Gasteiger partial charge in [0.05, 0.1) is 23.1 Å². The van der Waals surface area contributed by atoms with Gasteiger partial charge in [0.1, 0.15) is 5.76 Å². The van der Waals surface area contributed by atoms with E-state index in [1.54, 1.807) is 19.1 Å². The van der Waals surface area contributed by atoms with Gasteiger partial charge in [0.15, 0.2) is 12.4 Å². The molecule has 0 radical (unpaired) electrons. The van der Waals surface area contributed by atoms with Crippen molar-refractivity contribution in [1.82, 2.24) is 5.16 Å². The highest BCUT2D eigenvalue weighted by atomic mass is 16.5. The number of rotatable bonds is 5. The molecule has 1 N–H and O–H groups in total. The number of nitrogens with one attached hydrogen (secondary N) is 1. The Hall–Kier alpha value is -3.49. The standard InChI is InChI=1S/C22H23N3O6/c1-12-6-7-16-17(8-12)21(28)25(20(16)27)15-5-3-4-14(10-15)22(29)30-11-19(26)23-18-9-13(2)31-24-18/h3-5,9-10,12,16-17H,6-8,11H2,1-2H3,(H,23,24,26)/t12-,16+,17-/m0/s1. The minimum absolute atomic E-state index is 0.145. The van der Waals surface area contributed by atoms with Gasteiger partial charge >= 0.3 is 5.97 Å². The molecule has 31 heavy (non-hydrogen) atoms. The van der Waals surface area contributed by atoms with E-state index in [0.29, 0.717) is 30.2 Å². The number of anilines is 2. The fourth-order valence-electron chi connectivity index (χ4n) is 4.23. The molecule has 2 fully saturated rings. The Balaban J connectivity index is 1.42. The molecule has 3 atom stereocenters. The van der Waals surface area contributed by atoms with Crippen molar-refractivity contribution in [3.63, 3.8) is 0 Å². The number of benzene rings is 1. The maximum atomic E-state index is 12.9. The van der Waals surface area contributed by atoms with Gasteiger partial charge < -0.3 is 14.6 Å². The fraction of sp³-hybridized carbons (Fsp3) is 0.409. The molecule has 1 aromatic heterocycles. The molecule has 1 aliphatic carbocycles. The van der Waals surface area contributed by atoms with Gasteiger partial charge in [0.2, 0.25) is 11.8 Å². The predicted octanol–water partition coefficient (Wildman–Crippen LogP) is 2.70. The van der Waals surface area contributed by atoms with E-state index in [9.17, 15) is 19.2 Å². The number of esters is 1. The molecule has 1 saturated heterocycles. The third-order valence-electron chi connectivity index (χ3n) is 5.76. The average Bonchev–Trinajstić information content (AvgIpc) is 3.26. The monoisotopic (exact) mass is 425 g/mol. The molecule has 162 valence electrons. The summed E-state index contributed by atoms with van der Waals surface area (Å²) in [6.45, 7) is 3.26. The van der Waals surface area contributed by atoms with Crippen LogP contribution in [0.4, 0.5) is 11.5 Å². The smallest absolute Gasteiger partial charge is 0.338 e. The first-order valence-electron chi connectivity index (χ1n) is 10.2. The Kier molecular flexibility index (Phi) is 5.58. The lowest BCUT2D eigenvalue weighted by molar-refractivity contribution is -0.122. The normalized spacial score (nSPS) is 22.9. The summed E-state index contributed by atoms with van der Waals surface area (Å²) in [7, 11) is 0. The summed E-state index contributed by atoms with van der Waals surface area (Å²) >= 11 is 0. The summed E-state index contributed by atoms with van der Waals surface area (Å²) in [6, 6.07) is 7.68. The van der Waals surface area contributed by atoms with Crippen LogP contribution in [0.5, 0.6) is 0 Å². The van der Waals surface area contributed by atoms with Gasteiger partial charge in [-0.15, -0.1) is 0 Å². The topological polar surface area (TPSA) is 119 Å². The van der Waals surface area contributed by atoms with Crippen molar-refractivity contribution in [3.05, 3.63) is 41.7 Å². The Morgan fingerprint density at radius 1 is 1.19 bits per heavy atom. The lowest BCUT2D eigenvalue weighted by Gasteiger charge is -2.25. The molecule has 9 nitrogen and oxygen atoms in total. The Labute approximate surface area is 178 Å². The van der Waals surface area contributed by atoms with Crippen molar-refractivity contribution in [2.45, 2.75) is 33.1 Å². The third-order valence-corrected chi connectivity index (χ3v) is 5.76. The molecule has 1 aromatic carbocycles. The zero-order chi connectivity index (χ0) is 22.1. The van der Waals surface area contributed by atoms with Gasteiger partial charge in [0.25, 0.3) is 5.91 Å². The second kappa shape index (κ2) is 8.33. The molecule has 0 unspecified atom stereocenters. The van der Waals surface area contributed by atoms with E-state index in [4.69, 9.17) is 9.26 Å². The van der Waals surface area contributed by atoms with Crippen LogP contribution in [0.1, 0.15) is 42.3 Å². The van der Waals surface area contributed by atoms with Crippen molar-refractivity contribution < 1.29 is 28.4 Å². The summed E-state index contributed by atoms with van der Waals surface area (Å²) in [6.07, 6.45) is 2.33. The van der Waals surface area contributed by atoms with Crippen LogP contribution in [0.15, 0.2) is 34.9 Å². The van der Waals surface area contributed by atoms with E-state index in [1.807, 2.05) is 0 Å². The zero-order valence-electron chi connectivity index (χ0n) is 17.3. The summed E-state index contributed by atoms with van der Waals surface area (Å²) in [5, 5.41) is 6.08. The molecule has 0 bridgehead atoms. The minimum atomic E-state index is -0.738. The van der Waals surface area contributed by atoms with E-state index >= 15 is 0 Å². The van der Waals surface area contributed by atoms with Crippen LogP contribution in [0, 0.1) is 24.7 Å². The number of carbonyl (C=O) groups is 4. The highest BCUT2D eigenvalue weighted by Crippen LogP contribution is 2.42. The SMILES string of the molecule is Cc1cc(NC(=O)COC(=O)c2cccc(N3C(=O)[C@H]4C[C@@H](C)CC[C@H]4C3=O)c2)no1. The van der Waals surface area contributed by atoms with Gasteiger partial charge in [-0.2, -0.15) is 0 Å². The Bertz CT molecular complexity index is 1050. The van der Waals surface area contributed by atoms with Crippen LogP contribution in [0.2, 0.25) is 0 Å². The third kappa shape index (κ3) is 4.21. The number of aryl methyl sites for hydroxylation is 1. The number of amides is 3. The first-order chi connectivity index (χ1) is 14.8. The van der Waals surface area contributed by atoms with Crippen molar-refractivity contribution in [2.75, 3.05) is 16.8 Å². The van der Waals surface area contributed by atoms with Crippen LogP contribution < -0.4 is 10.2 Å². The highest BCUT2D eigenvalue weighted by Gasteiger charge is 2.50. The number of ether oxygens (including phenoxy) is 1. The average molecular weight is 425 g/mol. The van der Waals surface area contributed by atoms with E-state index < -0.39 is 18.5 Å². The summed E-state index contributed by atoms with van der Waals surface area (Å²) < 4.78 is 9.90. The molecular formula is C22H23N3O6. The lowest BCUT2D eigenvalue weighted by Crippen LogP contribution is -2.31. The van der Waals surface area contributed by atoms with Gasteiger partial charge in [0, 0.05) is 6.07 Å². The molecule has 2 heterocycles. The van der Waals surface area contributed by atoms with Gasteiger partial charge in [-0.25, -0.2) is 4.79 Å². The number of fused-ring (bicyclic) bond motifs is 1. The molecule has 0 spiro atoms. The van der Waals surface area contributed by atoms with Crippen LogP contribution >= 0.6 is 0 Å². The van der Waals surface area contributed by atoms with E-state index in [2.05, 4.69) is 17.4 Å². The van der Waals surface area contributed by atoms with Crippen molar-refractivity contribution >= 4 is 35.2 Å². The summed E-state index contributed by atoms with van der Waals surface area (Å²) in [5.41, 5.74) is 0.487. The number of carbonyl (C=O) groups excluding carboxylic acids is 4. The zero-order valence-corrected chi connectivity index (χ0v) is 17.3. The Morgan fingerprint density at radius 3 is 2.71 bits per heavy atom. The maximum absolute atomic E-state index is 12.9. The summed E-state index contributed by atoms with van der Waals surface area (Å²) in [4.78, 5) is 51.3. The fourth-order valence-corrected chi connectivity index (χ4v) is 4.23. The van der Waals surface area contributed by atoms with E-state index in [1.165, 1.54) is 23.1 Å². The van der Waals surface area contributed by atoms with E-state index in [0.717, 1.165) is 6.42 Å². The summed E-state index contributed by atoms with van der Waals surface area (Å²) in [5.74, 6) is -1.15. The quantitative estimate of drug-likeness (QED) is 0.578. The number of hydrogen-bond donors (Lipinski definition) is 1. The minimum Gasteiger partial charge on any atom is -0.452 e.